The van der Waals surface area contributed by atoms with Crippen molar-refractivity contribution >= 4 is 39.2 Å². The molecule has 0 heterocycles. The first kappa shape index (κ1) is 11.7. The zero-order valence-electron chi connectivity index (χ0n) is 8.93. The molecule has 0 aliphatic heterocycles. The highest BCUT2D eigenvalue weighted by atomic mass is 79.9. The average Bonchev–Trinajstić information content (AvgIpc) is 2.98. The van der Waals surface area contributed by atoms with E-state index in [-0.39, 0.29) is 0 Å². The van der Waals surface area contributed by atoms with E-state index in [2.05, 4.69) is 26.2 Å². The van der Waals surface area contributed by atoms with E-state index < -0.39 is 0 Å². The van der Waals surface area contributed by atoms with Gasteiger partial charge in [-0.2, -0.15) is 0 Å². The van der Waals surface area contributed by atoms with Crippen LogP contribution in [0, 0.1) is 6.92 Å². The van der Waals surface area contributed by atoms with E-state index in [4.69, 9.17) is 17.3 Å². The Morgan fingerprint density at radius 1 is 1.56 bits per heavy atom. The van der Waals surface area contributed by atoms with Crippen molar-refractivity contribution in [3.63, 3.8) is 0 Å². The molecule has 3 nitrogen and oxygen atoms in total. The Morgan fingerprint density at radius 3 is 2.88 bits per heavy atom. The number of anilines is 1. The van der Waals surface area contributed by atoms with Crippen molar-refractivity contribution in [2.24, 2.45) is 10.7 Å². The van der Waals surface area contributed by atoms with Gasteiger partial charge in [0, 0.05) is 9.50 Å². The molecule has 0 radical (unpaired) electrons. The highest BCUT2D eigenvalue weighted by molar-refractivity contribution is 9.10. The van der Waals surface area contributed by atoms with E-state index in [1.807, 2.05) is 19.1 Å². The molecule has 1 aliphatic rings. The van der Waals surface area contributed by atoms with Gasteiger partial charge in [-0.25, -0.2) is 4.99 Å². The average molecular weight is 303 g/mol. The number of nitrogens with one attached hydrogen (secondary N) is 1. The first-order chi connectivity index (χ1) is 7.56. The van der Waals surface area contributed by atoms with Gasteiger partial charge in [0.15, 0.2) is 5.96 Å². The van der Waals surface area contributed by atoms with Gasteiger partial charge < -0.3 is 11.1 Å². The number of nitrogens with two attached hydrogens (primary N) is 1. The standard InChI is InChI=1S/C11H13BrClN3/c1-6-4-8(12)10(5-9(6)13)16-11(14)15-7-2-3-7/h4-5,7H,2-3H2,1H3,(H3,14,15,16). The lowest BCUT2D eigenvalue weighted by atomic mass is 10.2. The summed E-state index contributed by atoms with van der Waals surface area (Å²) in [5.41, 5.74) is 7.65. The monoisotopic (exact) mass is 301 g/mol. The summed E-state index contributed by atoms with van der Waals surface area (Å²) >= 11 is 9.51. The van der Waals surface area contributed by atoms with E-state index in [0.29, 0.717) is 17.0 Å². The topological polar surface area (TPSA) is 50.4 Å². The quantitative estimate of drug-likeness (QED) is 0.650. The number of aliphatic imine (C=N–C) groups is 1. The second-order valence-electron chi connectivity index (χ2n) is 3.95. The Hall–Kier alpha value is -0.740. The van der Waals surface area contributed by atoms with Crippen LogP contribution in [0.1, 0.15) is 18.4 Å². The fourth-order valence-corrected chi connectivity index (χ4v) is 2.03. The van der Waals surface area contributed by atoms with Crippen molar-refractivity contribution in [1.29, 1.82) is 0 Å². The van der Waals surface area contributed by atoms with Crippen molar-refractivity contribution < 1.29 is 0 Å². The molecule has 5 heteroatoms. The molecule has 1 aromatic rings. The molecular weight excluding hydrogens is 289 g/mol. The van der Waals surface area contributed by atoms with Gasteiger partial charge in [-0.15, -0.1) is 0 Å². The van der Waals surface area contributed by atoms with Crippen LogP contribution in [-0.4, -0.2) is 12.0 Å². The number of hydrogen-bond donors (Lipinski definition) is 2. The van der Waals surface area contributed by atoms with Gasteiger partial charge >= 0.3 is 0 Å². The van der Waals surface area contributed by atoms with Gasteiger partial charge in [-0.05, 0) is 53.4 Å². The van der Waals surface area contributed by atoms with Crippen LogP contribution in [0.2, 0.25) is 5.02 Å². The summed E-state index contributed by atoms with van der Waals surface area (Å²) in [6.07, 6.45) is 2.27. The number of guanidine groups is 1. The summed E-state index contributed by atoms with van der Waals surface area (Å²) in [6.45, 7) is 1.96. The lowest BCUT2D eigenvalue weighted by Gasteiger charge is -2.09. The number of benzene rings is 1. The van der Waals surface area contributed by atoms with Gasteiger partial charge in [-0.1, -0.05) is 11.6 Å². The first-order valence-electron chi connectivity index (χ1n) is 5.12. The summed E-state index contributed by atoms with van der Waals surface area (Å²) in [6, 6.07) is 4.21. The summed E-state index contributed by atoms with van der Waals surface area (Å²) < 4.78 is 0.934. The third-order valence-corrected chi connectivity index (χ3v) is 3.44. The number of halogens is 2. The molecule has 86 valence electrons. The largest absolute Gasteiger partial charge is 0.370 e. The van der Waals surface area contributed by atoms with Crippen LogP contribution >= 0.6 is 27.5 Å². The summed E-state index contributed by atoms with van der Waals surface area (Å²) in [5, 5.41) is 3.76. The van der Waals surface area contributed by atoms with Crippen molar-refractivity contribution in [1.82, 2.24) is 0 Å². The van der Waals surface area contributed by atoms with Crippen LogP contribution in [0.25, 0.3) is 0 Å². The molecule has 0 atom stereocenters. The number of aryl methyl sites for hydroxylation is 1. The summed E-state index contributed by atoms with van der Waals surface area (Å²) in [4.78, 5) is 4.30. The first-order valence-corrected chi connectivity index (χ1v) is 6.29. The molecule has 0 spiro atoms. The molecular formula is C11H13BrClN3. The molecule has 0 unspecified atom stereocenters. The van der Waals surface area contributed by atoms with Gasteiger partial charge in [-0.3, -0.25) is 0 Å². The molecule has 1 aromatic carbocycles. The fourth-order valence-electron chi connectivity index (χ4n) is 1.31. The predicted molar refractivity (Wildman–Crippen MR) is 72.2 cm³/mol. The van der Waals surface area contributed by atoms with Gasteiger partial charge in [0.2, 0.25) is 0 Å². The highest BCUT2D eigenvalue weighted by Crippen LogP contribution is 2.29. The third kappa shape index (κ3) is 2.89. The molecule has 0 amide bonds. The molecule has 2 rings (SSSR count). The molecule has 1 aliphatic carbocycles. The number of nitrogens with zero attached hydrogens (tertiary/aromatic N) is 1. The Labute approximate surface area is 108 Å². The van der Waals surface area contributed by atoms with Crippen molar-refractivity contribution in [2.75, 3.05) is 5.32 Å². The smallest absolute Gasteiger partial charge is 0.193 e. The van der Waals surface area contributed by atoms with Crippen molar-refractivity contribution in [2.45, 2.75) is 25.8 Å². The van der Waals surface area contributed by atoms with Crippen LogP contribution < -0.4 is 11.1 Å². The Morgan fingerprint density at radius 2 is 2.25 bits per heavy atom. The fraction of sp³-hybridized carbons (Fsp3) is 0.364. The SMILES string of the molecule is Cc1cc(Br)c(NC(N)=NC2CC2)cc1Cl. The van der Waals surface area contributed by atoms with E-state index >= 15 is 0 Å². The van der Waals surface area contributed by atoms with Gasteiger partial charge in [0.1, 0.15) is 0 Å². The maximum Gasteiger partial charge on any atom is 0.193 e. The molecule has 16 heavy (non-hydrogen) atoms. The highest BCUT2D eigenvalue weighted by Gasteiger charge is 2.20. The normalized spacial score (nSPS) is 16.3. The van der Waals surface area contributed by atoms with Crippen LogP contribution in [0.3, 0.4) is 0 Å². The molecule has 1 fully saturated rings. The third-order valence-electron chi connectivity index (χ3n) is 2.38. The Bertz CT molecular complexity index is 441. The predicted octanol–water partition coefficient (Wildman–Crippen LogP) is 3.30. The van der Waals surface area contributed by atoms with E-state index in [1.54, 1.807) is 0 Å². The minimum Gasteiger partial charge on any atom is -0.370 e. The molecule has 0 aromatic heterocycles. The second kappa shape index (κ2) is 4.63. The van der Waals surface area contributed by atoms with Crippen LogP contribution in [0.15, 0.2) is 21.6 Å². The van der Waals surface area contributed by atoms with Gasteiger partial charge in [0.25, 0.3) is 0 Å². The lowest BCUT2D eigenvalue weighted by Crippen LogP contribution is -2.23. The zero-order valence-corrected chi connectivity index (χ0v) is 11.3. The Kier molecular flexibility index (Phi) is 3.40. The van der Waals surface area contributed by atoms with Crippen LogP contribution in [0.5, 0.6) is 0 Å². The van der Waals surface area contributed by atoms with E-state index in [0.717, 1.165) is 28.6 Å². The lowest BCUT2D eigenvalue weighted by molar-refractivity contribution is 1.06. The molecule has 0 bridgehead atoms. The van der Waals surface area contributed by atoms with Crippen molar-refractivity contribution in [3.05, 3.63) is 27.2 Å². The molecule has 3 N–H and O–H groups in total. The molecule has 0 saturated heterocycles. The second-order valence-corrected chi connectivity index (χ2v) is 5.21. The minimum absolute atomic E-state index is 0.409. The maximum atomic E-state index is 6.05. The maximum absolute atomic E-state index is 6.05. The van der Waals surface area contributed by atoms with Crippen LogP contribution in [0.4, 0.5) is 5.69 Å². The van der Waals surface area contributed by atoms with E-state index in [1.165, 1.54) is 0 Å². The molecule has 1 saturated carbocycles. The minimum atomic E-state index is 0.409. The number of rotatable bonds is 2. The summed E-state index contributed by atoms with van der Waals surface area (Å²) in [7, 11) is 0. The van der Waals surface area contributed by atoms with E-state index in [9.17, 15) is 0 Å². The summed E-state index contributed by atoms with van der Waals surface area (Å²) in [5.74, 6) is 0.447. The zero-order chi connectivity index (χ0) is 11.7. The van der Waals surface area contributed by atoms with Crippen molar-refractivity contribution in [3.8, 4) is 0 Å². The van der Waals surface area contributed by atoms with Gasteiger partial charge in [0.05, 0.1) is 11.7 Å². The van der Waals surface area contributed by atoms with Crippen LogP contribution in [-0.2, 0) is 0 Å². The Balaban J connectivity index is 2.17. The number of hydrogen-bond acceptors (Lipinski definition) is 1.